The summed E-state index contributed by atoms with van der Waals surface area (Å²) in [5.41, 5.74) is 7.62. The summed E-state index contributed by atoms with van der Waals surface area (Å²) in [6.45, 7) is 4.66. The van der Waals surface area contributed by atoms with Crippen LogP contribution in [0.15, 0.2) is 64.6 Å². The zero-order valence-corrected chi connectivity index (χ0v) is 21.9. The molecule has 5 rings (SSSR count). The minimum absolute atomic E-state index is 0.401. The van der Waals surface area contributed by atoms with Gasteiger partial charge in [0.05, 0.1) is 14.2 Å². The van der Waals surface area contributed by atoms with Crippen molar-refractivity contribution in [3.8, 4) is 23.0 Å². The summed E-state index contributed by atoms with van der Waals surface area (Å²) in [6.07, 6.45) is 4.29. The molecule has 2 aliphatic heterocycles. The Kier molecular flexibility index (Phi) is 7.73. The molecule has 3 aromatic rings. The summed E-state index contributed by atoms with van der Waals surface area (Å²) >= 11 is 0. The van der Waals surface area contributed by atoms with Crippen LogP contribution in [0, 0.1) is 6.92 Å². The summed E-state index contributed by atoms with van der Waals surface area (Å²) in [6, 6.07) is 18.4. The first-order valence-corrected chi connectivity index (χ1v) is 12.9. The lowest BCUT2D eigenvalue weighted by Crippen LogP contribution is -2.04. The topological polar surface area (TPSA) is 61.6 Å². The van der Waals surface area contributed by atoms with Crippen LogP contribution in [0.25, 0.3) is 0 Å². The molecular formula is C31H34N2O4. The highest BCUT2D eigenvalue weighted by molar-refractivity contribution is 6.02. The summed E-state index contributed by atoms with van der Waals surface area (Å²) in [4.78, 5) is 9.20. The second kappa shape index (κ2) is 11.5. The predicted molar refractivity (Wildman–Crippen MR) is 147 cm³/mol. The normalized spacial score (nSPS) is 14.8. The van der Waals surface area contributed by atoms with Gasteiger partial charge in [0.1, 0.15) is 36.2 Å². The predicted octanol–water partition coefficient (Wildman–Crippen LogP) is 6.34. The third-order valence-electron chi connectivity index (χ3n) is 6.80. The van der Waals surface area contributed by atoms with Gasteiger partial charge in [-0.05, 0) is 73.6 Å². The van der Waals surface area contributed by atoms with E-state index in [0.717, 1.165) is 101 Å². The zero-order valence-electron chi connectivity index (χ0n) is 21.9. The smallest absolute Gasteiger partial charge is 0.126 e. The highest BCUT2D eigenvalue weighted by atomic mass is 16.5. The first kappa shape index (κ1) is 24.9. The second-order valence-corrected chi connectivity index (χ2v) is 9.48. The van der Waals surface area contributed by atoms with Crippen molar-refractivity contribution in [3.05, 3.63) is 82.4 Å². The van der Waals surface area contributed by atoms with Gasteiger partial charge in [-0.15, -0.1) is 0 Å². The SMILES string of the molecule is COc1cc(C2=NCCC2)ccc1COc1cc(C)cc(OCc2ccc(C3=NCCC3)cc2OC)c1. The zero-order chi connectivity index (χ0) is 25.6. The van der Waals surface area contributed by atoms with Gasteiger partial charge in [0.2, 0.25) is 0 Å². The minimum atomic E-state index is 0.401. The highest BCUT2D eigenvalue weighted by Gasteiger charge is 2.14. The molecule has 6 heteroatoms. The Bertz CT molecular complexity index is 1230. The molecule has 0 bridgehead atoms. The van der Waals surface area contributed by atoms with Gasteiger partial charge in [-0.2, -0.15) is 0 Å². The van der Waals surface area contributed by atoms with Crippen molar-refractivity contribution >= 4 is 11.4 Å². The quantitative estimate of drug-likeness (QED) is 0.327. The molecule has 0 amide bonds. The molecule has 2 aliphatic rings. The van der Waals surface area contributed by atoms with Crippen molar-refractivity contribution in [1.29, 1.82) is 0 Å². The number of hydrogen-bond donors (Lipinski definition) is 0. The van der Waals surface area contributed by atoms with Crippen molar-refractivity contribution in [3.63, 3.8) is 0 Å². The Balaban J connectivity index is 1.25. The molecule has 0 radical (unpaired) electrons. The van der Waals surface area contributed by atoms with E-state index >= 15 is 0 Å². The third-order valence-corrected chi connectivity index (χ3v) is 6.80. The second-order valence-electron chi connectivity index (χ2n) is 9.48. The Morgan fingerprint density at radius 1 is 0.649 bits per heavy atom. The van der Waals surface area contributed by atoms with Crippen molar-refractivity contribution in [1.82, 2.24) is 0 Å². The number of ether oxygens (including phenoxy) is 4. The standard InChI is InChI=1S/C31H34N2O4/c1-21-14-26(36-19-24-10-8-22(16-30(24)34-2)28-6-4-12-32-28)18-27(15-21)37-20-25-11-9-23(17-31(25)35-3)29-7-5-13-33-29/h8-11,14-18H,4-7,12-13,19-20H2,1-3H3. The van der Waals surface area contributed by atoms with Crippen LogP contribution < -0.4 is 18.9 Å². The fourth-order valence-corrected chi connectivity index (χ4v) is 4.84. The Labute approximate surface area is 219 Å². The number of nitrogens with zero attached hydrogens (tertiary/aromatic N) is 2. The van der Waals surface area contributed by atoms with E-state index < -0.39 is 0 Å². The summed E-state index contributed by atoms with van der Waals surface area (Å²) in [5, 5.41) is 0. The Hall–Kier alpha value is -3.80. The van der Waals surface area contributed by atoms with E-state index in [1.807, 2.05) is 25.1 Å². The Morgan fingerprint density at radius 3 is 1.54 bits per heavy atom. The van der Waals surface area contributed by atoms with Gasteiger partial charge in [-0.3, -0.25) is 9.98 Å². The maximum atomic E-state index is 6.16. The molecule has 3 aromatic carbocycles. The van der Waals surface area contributed by atoms with Crippen molar-refractivity contribution < 1.29 is 18.9 Å². The molecule has 6 nitrogen and oxygen atoms in total. The van der Waals surface area contributed by atoms with Gasteiger partial charge >= 0.3 is 0 Å². The maximum Gasteiger partial charge on any atom is 0.126 e. The number of hydrogen-bond acceptors (Lipinski definition) is 6. The molecule has 0 aliphatic carbocycles. The van der Waals surface area contributed by atoms with Gasteiger partial charge in [-0.25, -0.2) is 0 Å². The van der Waals surface area contributed by atoms with Gasteiger partial charge in [0.25, 0.3) is 0 Å². The summed E-state index contributed by atoms with van der Waals surface area (Å²) < 4.78 is 23.6. The van der Waals surface area contributed by atoms with E-state index in [1.165, 1.54) is 0 Å². The maximum absolute atomic E-state index is 6.16. The molecule has 0 fully saturated rings. The van der Waals surface area contributed by atoms with Gasteiger partial charge < -0.3 is 18.9 Å². The molecule has 0 aromatic heterocycles. The molecule has 0 N–H and O–H groups in total. The average molecular weight is 499 g/mol. The number of methoxy groups -OCH3 is 2. The van der Waals surface area contributed by atoms with Crippen molar-refractivity contribution in [2.24, 2.45) is 9.98 Å². The van der Waals surface area contributed by atoms with Crippen LogP contribution in [0.3, 0.4) is 0 Å². The first-order chi connectivity index (χ1) is 18.1. The first-order valence-electron chi connectivity index (χ1n) is 12.9. The van der Waals surface area contributed by atoms with Crippen LogP contribution in [0.4, 0.5) is 0 Å². The van der Waals surface area contributed by atoms with Crippen LogP contribution in [-0.4, -0.2) is 38.7 Å². The van der Waals surface area contributed by atoms with Crippen molar-refractivity contribution in [2.75, 3.05) is 27.3 Å². The van der Waals surface area contributed by atoms with Gasteiger partial charge in [0, 0.05) is 41.7 Å². The molecular weight excluding hydrogens is 464 g/mol. The van der Waals surface area contributed by atoms with E-state index in [2.05, 4.69) is 46.4 Å². The van der Waals surface area contributed by atoms with Gasteiger partial charge in [-0.1, -0.05) is 24.3 Å². The number of rotatable bonds is 10. The van der Waals surface area contributed by atoms with Crippen molar-refractivity contribution in [2.45, 2.75) is 45.8 Å². The average Bonchev–Trinajstić information content (AvgIpc) is 3.65. The molecule has 0 atom stereocenters. The lowest BCUT2D eigenvalue weighted by Gasteiger charge is -2.15. The van der Waals surface area contributed by atoms with Crippen LogP contribution in [0.2, 0.25) is 0 Å². The van der Waals surface area contributed by atoms with Crippen LogP contribution in [0.1, 0.15) is 53.5 Å². The molecule has 0 saturated heterocycles. The summed E-state index contributed by atoms with van der Waals surface area (Å²) in [5.74, 6) is 3.14. The van der Waals surface area contributed by atoms with Crippen LogP contribution >= 0.6 is 0 Å². The number of aryl methyl sites for hydroxylation is 1. The molecule has 37 heavy (non-hydrogen) atoms. The molecule has 0 spiro atoms. The molecule has 0 saturated carbocycles. The van der Waals surface area contributed by atoms with E-state index in [4.69, 9.17) is 18.9 Å². The van der Waals surface area contributed by atoms with E-state index in [-0.39, 0.29) is 0 Å². The lowest BCUT2D eigenvalue weighted by atomic mass is 10.0. The van der Waals surface area contributed by atoms with Crippen LogP contribution in [-0.2, 0) is 13.2 Å². The monoisotopic (exact) mass is 498 g/mol. The molecule has 192 valence electrons. The summed E-state index contributed by atoms with van der Waals surface area (Å²) in [7, 11) is 3.39. The lowest BCUT2D eigenvalue weighted by molar-refractivity contribution is 0.282. The molecule has 2 heterocycles. The Morgan fingerprint density at radius 2 is 1.14 bits per heavy atom. The highest BCUT2D eigenvalue weighted by Crippen LogP contribution is 2.29. The minimum Gasteiger partial charge on any atom is -0.496 e. The fourth-order valence-electron chi connectivity index (χ4n) is 4.84. The third kappa shape index (κ3) is 5.96. The number of aliphatic imine (C=N–C) groups is 2. The fraction of sp³-hybridized carbons (Fsp3) is 0.355. The van der Waals surface area contributed by atoms with E-state index in [1.54, 1.807) is 14.2 Å². The largest absolute Gasteiger partial charge is 0.496 e. The number of benzene rings is 3. The molecule has 0 unspecified atom stereocenters. The van der Waals surface area contributed by atoms with E-state index in [0.29, 0.717) is 13.2 Å². The van der Waals surface area contributed by atoms with E-state index in [9.17, 15) is 0 Å². The van der Waals surface area contributed by atoms with Crippen LogP contribution in [0.5, 0.6) is 23.0 Å². The van der Waals surface area contributed by atoms with Gasteiger partial charge in [0.15, 0.2) is 0 Å².